The van der Waals surface area contributed by atoms with Gasteiger partial charge in [-0.1, -0.05) is 13.8 Å². The summed E-state index contributed by atoms with van der Waals surface area (Å²) in [5.41, 5.74) is 3.62. The Labute approximate surface area is 96.1 Å². The standard InChI is InChI=1S/C12H20N2S/c1-9(2)12(5-6-12)14-7-4-11-10(3)13-8-15-11/h8-9,14H,4-7H2,1-3H3. The van der Waals surface area contributed by atoms with Gasteiger partial charge in [0.05, 0.1) is 11.2 Å². The van der Waals surface area contributed by atoms with Crippen LogP contribution >= 0.6 is 11.3 Å². The third kappa shape index (κ3) is 2.40. The molecule has 0 aliphatic heterocycles. The molecule has 2 nitrogen and oxygen atoms in total. The fourth-order valence-corrected chi connectivity index (χ4v) is 2.87. The molecule has 1 fully saturated rings. The van der Waals surface area contributed by atoms with E-state index in [1.54, 1.807) is 11.3 Å². The highest BCUT2D eigenvalue weighted by Gasteiger charge is 2.44. The molecule has 2 rings (SSSR count). The first-order valence-corrected chi connectivity index (χ1v) is 6.66. The fourth-order valence-electron chi connectivity index (χ4n) is 2.08. The van der Waals surface area contributed by atoms with Gasteiger partial charge in [-0.25, -0.2) is 4.98 Å². The van der Waals surface area contributed by atoms with Crippen LogP contribution < -0.4 is 5.32 Å². The molecule has 0 atom stereocenters. The minimum Gasteiger partial charge on any atom is -0.311 e. The van der Waals surface area contributed by atoms with Gasteiger partial charge in [0, 0.05) is 17.0 Å². The van der Waals surface area contributed by atoms with Crippen LogP contribution in [0.15, 0.2) is 5.51 Å². The first-order chi connectivity index (χ1) is 7.14. The Balaban J connectivity index is 1.78. The molecule has 1 saturated carbocycles. The van der Waals surface area contributed by atoms with Crippen molar-refractivity contribution in [3.05, 3.63) is 16.1 Å². The molecule has 0 radical (unpaired) electrons. The number of aromatic nitrogens is 1. The maximum atomic E-state index is 4.27. The summed E-state index contributed by atoms with van der Waals surface area (Å²) >= 11 is 1.78. The van der Waals surface area contributed by atoms with Gasteiger partial charge in [-0.05, 0) is 32.1 Å². The molecule has 1 N–H and O–H groups in total. The van der Waals surface area contributed by atoms with Gasteiger partial charge in [-0.3, -0.25) is 0 Å². The molecule has 1 aromatic rings. The topological polar surface area (TPSA) is 24.9 Å². The zero-order valence-electron chi connectivity index (χ0n) is 9.84. The molecular formula is C12H20N2S. The number of hydrogen-bond acceptors (Lipinski definition) is 3. The molecule has 0 unspecified atom stereocenters. The average Bonchev–Trinajstić information content (AvgIpc) is 2.87. The Morgan fingerprint density at radius 1 is 1.53 bits per heavy atom. The molecule has 0 aromatic carbocycles. The van der Waals surface area contributed by atoms with E-state index in [9.17, 15) is 0 Å². The first kappa shape index (κ1) is 11.1. The first-order valence-electron chi connectivity index (χ1n) is 5.78. The average molecular weight is 224 g/mol. The van der Waals surface area contributed by atoms with Gasteiger partial charge >= 0.3 is 0 Å². The Morgan fingerprint density at radius 2 is 2.27 bits per heavy atom. The normalized spacial score (nSPS) is 18.4. The van der Waals surface area contributed by atoms with Crippen molar-refractivity contribution in [3.63, 3.8) is 0 Å². The number of thiazole rings is 1. The van der Waals surface area contributed by atoms with E-state index in [-0.39, 0.29) is 0 Å². The summed E-state index contributed by atoms with van der Waals surface area (Å²) in [7, 11) is 0. The fraction of sp³-hybridized carbons (Fsp3) is 0.750. The van der Waals surface area contributed by atoms with Crippen molar-refractivity contribution in [2.45, 2.75) is 45.6 Å². The second-order valence-electron chi connectivity index (χ2n) is 4.85. The van der Waals surface area contributed by atoms with E-state index in [4.69, 9.17) is 0 Å². The Bertz CT molecular complexity index is 326. The van der Waals surface area contributed by atoms with Crippen LogP contribution in [0.1, 0.15) is 37.3 Å². The lowest BCUT2D eigenvalue weighted by Gasteiger charge is -2.21. The van der Waals surface area contributed by atoms with Crippen LogP contribution in [-0.4, -0.2) is 17.1 Å². The second-order valence-corrected chi connectivity index (χ2v) is 5.79. The monoisotopic (exact) mass is 224 g/mol. The third-order valence-corrected chi connectivity index (χ3v) is 4.56. The summed E-state index contributed by atoms with van der Waals surface area (Å²) < 4.78 is 0. The Morgan fingerprint density at radius 3 is 2.73 bits per heavy atom. The quantitative estimate of drug-likeness (QED) is 0.832. The number of rotatable bonds is 5. The SMILES string of the molecule is Cc1ncsc1CCNC1(C(C)C)CC1. The van der Waals surface area contributed by atoms with E-state index in [1.165, 1.54) is 23.4 Å². The van der Waals surface area contributed by atoms with Gasteiger partial charge < -0.3 is 5.32 Å². The highest BCUT2D eigenvalue weighted by atomic mass is 32.1. The summed E-state index contributed by atoms with van der Waals surface area (Å²) in [6.45, 7) is 7.83. The molecule has 1 aliphatic carbocycles. The van der Waals surface area contributed by atoms with Gasteiger partial charge in [0.15, 0.2) is 0 Å². The highest BCUT2D eigenvalue weighted by Crippen LogP contribution is 2.41. The molecule has 0 bridgehead atoms. The van der Waals surface area contributed by atoms with Gasteiger partial charge in [0.1, 0.15) is 0 Å². The van der Waals surface area contributed by atoms with Crippen LogP contribution in [0.3, 0.4) is 0 Å². The van der Waals surface area contributed by atoms with Gasteiger partial charge in [-0.15, -0.1) is 11.3 Å². The molecule has 0 saturated heterocycles. The van der Waals surface area contributed by atoms with E-state index >= 15 is 0 Å². The Hall–Kier alpha value is -0.410. The minimum atomic E-state index is 0.471. The van der Waals surface area contributed by atoms with Crippen molar-refractivity contribution in [1.29, 1.82) is 0 Å². The largest absolute Gasteiger partial charge is 0.311 e. The van der Waals surface area contributed by atoms with Crippen molar-refractivity contribution >= 4 is 11.3 Å². The molecule has 1 aliphatic rings. The summed E-state index contributed by atoms with van der Waals surface area (Å²) in [6.07, 6.45) is 3.84. The van der Waals surface area contributed by atoms with Crippen molar-refractivity contribution in [3.8, 4) is 0 Å². The molecular weight excluding hydrogens is 204 g/mol. The van der Waals surface area contributed by atoms with E-state index in [0.717, 1.165) is 18.9 Å². The molecule has 1 heterocycles. The zero-order chi connectivity index (χ0) is 10.9. The molecule has 3 heteroatoms. The van der Waals surface area contributed by atoms with Crippen LogP contribution in [0, 0.1) is 12.8 Å². The maximum absolute atomic E-state index is 4.27. The number of hydrogen-bond donors (Lipinski definition) is 1. The van der Waals surface area contributed by atoms with Gasteiger partial charge in [-0.2, -0.15) is 0 Å². The van der Waals surface area contributed by atoms with Crippen LogP contribution in [0.4, 0.5) is 0 Å². The van der Waals surface area contributed by atoms with Crippen molar-refractivity contribution in [2.24, 2.45) is 5.92 Å². The predicted octanol–water partition coefficient (Wildman–Crippen LogP) is 2.77. The van der Waals surface area contributed by atoms with Crippen molar-refractivity contribution in [1.82, 2.24) is 10.3 Å². The molecule has 0 amide bonds. The lowest BCUT2D eigenvalue weighted by atomic mass is 10.0. The van der Waals surface area contributed by atoms with Gasteiger partial charge in [0.2, 0.25) is 0 Å². The summed E-state index contributed by atoms with van der Waals surface area (Å²) in [6, 6.07) is 0. The van der Waals surface area contributed by atoms with E-state index < -0.39 is 0 Å². The summed E-state index contributed by atoms with van der Waals surface area (Å²) in [5.74, 6) is 0.764. The number of aryl methyl sites for hydroxylation is 1. The van der Waals surface area contributed by atoms with E-state index in [1.807, 2.05) is 5.51 Å². The van der Waals surface area contributed by atoms with Crippen molar-refractivity contribution < 1.29 is 0 Å². The smallest absolute Gasteiger partial charge is 0.0797 e. The van der Waals surface area contributed by atoms with E-state index in [2.05, 4.69) is 31.1 Å². The summed E-state index contributed by atoms with van der Waals surface area (Å²) in [4.78, 5) is 5.71. The number of nitrogens with one attached hydrogen (secondary N) is 1. The van der Waals surface area contributed by atoms with Crippen LogP contribution in [-0.2, 0) is 6.42 Å². The molecule has 0 spiro atoms. The third-order valence-electron chi connectivity index (χ3n) is 3.57. The zero-order valence-corrected chi connectivity index (χ0v) is 10.7. The molecule has 15 heavy (non-hydrogen) atoms. The maximum Gasteiger partial charge on any atom is 0.0797 e. The van der Waals surface area contributed by atoms with E-state index in [0.29, 0.717) is 5.54 Å². The van der Waals surface area contributed by atoms with Gasteiger partial charge in [0.25, 0.3) is 0 Å². The number of nitrogens with zero attached hydrogens (tertiary/aromatic N) is 1. The van der Waals surface area contributed by atoms with Crippen molar-refractivity contribution in [2.75, 3.05) is 6.54 Å². The highest BCUT2D eigenvalue weighted by molar-refractivity contribution is 7.09. The lowest BCUT2D eigenvalue weighted by molar-refractivity contribution is 0.382. The second kappa shape index (κ2) is 4.22. The summed E-state index contributed by atoms with van der Waals surface area (Å²) in [5, 5.41) is 3.71. The van der Waals surface area contributed by atoms with Crippen LogP contribution in [0.5, 0.6) is 0 Å². The Kier molecular flexibility index (Phi) is 3.12. The minimum absolute atomic E-state index is 0.471. The lowest BCUT2D eigenvalue weighted by Crippen LogP contribution is -2.37. The van der Waals surface area contributed by atoms with Crippen LogP contribution in [0.2, 0.25) is 0 Å². The molecule has 1 aromatic heterocycles. The predicted molar refractivity (Wildman–Crippen MR) is 65.4 cm³/mol. The molecule has 84 valence electrons. The van der Waals surface area contributed by atoms with Crippen LogP contribution in [0.25, 0.3) is 0 Å².